The maximum atomic E-state index is 12.9. The molecule has 2 N–H and O–H groups in total. The summed E-state index contributed by atoms with van der Waals surface area (Å²) in [4.78, 5) is 41.5. The van der Waals surface area contributed by atoms with Crippen LogP contribution < -0.4 is 10.1 Å². The van der Waals surface area contributed by atoms with E-state index in [0.717, 1.165) is 5.56 Å². The van der Waals surface area contributed by atoms with Crippen molar-refractivity contribution in [3.63, 3.8) is 0 Å². The topological polar surface area (TPSA) is 108 Å². The van der Waals surface area contributed by atoms with Crippen LogP contribution in [0.3, 0.4) is 0 Å². The maximum Gasteiger partial charge on any atom is 0.337 e. The smallest absolute Gasteiger partial charge is 0.337 e. The normalized spacial score (nSPS) is 13.2. The van der Waals surface area contributed by atoms with Gasteiger partial charge in [-0.15, -0.1) is 0 Å². The Labute approximate surface area is 285 Å². The zero-order chi connectivity index (χ0) is 30.9. The summed E-state index contributed by atoms with van der Waals surface area (Å²) >= 11 is 0. The summed E-state index contributed by atoms with van der Waals surface area (Å²) in [7, 11) is 1.57. The van der Waals surface area contributed by atoms with Gasteiger partial charge in [-0.3, -0.25) is 14.5 Å². The van der Waals surface area contributed by atoms with Crippen molar-refractivity contribution in [2.45, 2.75) is 6.04 Å². The van der Waals surface area contributed by atoms with E-state index < -0.39 is 11.9 Å². The Morgan fingerprint density at radius 2 is 1.36 bits per heavy atom. The molecule has 0 unspecified atom stereocenters. The van der Waals surface area contributed by atoms with Gasteiger partial charge in [0, 0.05) is 55.7 Å². The molecule has 4 aromatic rings. The van der Waals surface area contributed by atoms with E-state index in [0.29, 0.717) is 37.5 Å². The summed E-state index contributed by atoms with van der Waals surface area (Å²) in [5.74, 6) is -1.22. The molecule has 10 heteroatoms. The number of nitrogens with one attached hydrogen (secondary N) is 1. The summed E-state index contributed by atoms with van der Waals surface area (Å²) in [6.07, 6.45) is 0. The van der Waals surface area contributed by atoms with Gasteiger partial charge in [0.2, 0.25) is 11.8 Å². The molecule has 45 heavy (non-hydrogen) atoms. The first-order valence-corrected chi connectivity index (χ1v) is 14.4. The largest absolute Gasteiger partial charge is 0.497 e. The molecule has 1 aliphatic rings. The molecule has 9 nitrogen and oxygen atoms in total. The van der Waals surface area contributed by atoms with Gasteiger partial charge in [-0.25, -0.2) is 4.79 Å². The Kier molecular flexibility index (Phi) is 12.3. The van der Waals surface area contributed by atoms with Gasteiger partial charge in [-0.1, -0.05) is 78.9 Å². The van der Waals surface area contributed by atoms with Crippen molar-refractivity contribution >= 4 is 53.0 Å². The Morgan fingerprint density at radius 1 is 0.778 bits per heavy atom. The van der Waals surface area contributed by atoms with E-state index in [9.17, 15) is 19.5 Å². The molecule has 1 heterocycles. The molecular weight excluding hydrogens is 581 g/mol. The van der Waals surface area contributed by atoms with Crippen molar-refractivity contribution in [1.29, 1.82) is 0 Å². The number of aromatic carboxylic acids is 1. The summed E-state index contributed by atoms with van der Waals surface area (Å²) in [5, 5.41) is 12.3. The number of carboxylic acids is 1. The third-order valence-electron chi connectivity index (χ3n) is 7.67. The van der Waals surface area contributed by atoms with E-state index in [1.807, 2.05) is 48.5 Å². The van der Waals surface area contributed by atoms with Crippen molar-refractivity contribution in [2.24, 2.45) is 0 Å². The van der Waals surface area contributed by atoms with Crippen LogP contribution in [0.2, 0.25) is 0 Å². The first kappa shape index (κ1) is 33.9. The number of nitrogens with zero attached hydrogens (tertiary/aromatic N) is 2. The predicted molar refractivity (Wildman–Crippen MR) is 173 cm³/mol. The fourth-order valence-corrected chi connectivity index (χ4v) is 5.42. The number of rotatable bonds is 11. The van der Waals surface area contributed by atoms with Crippen LogP contribution in [0, 0.1) is 0 Å². The molecule has 0 atom stereocenters. The van der Waals surface area contributed by atoms with E-state index in [1.54, 1.807) is 36.3 Å². The van der Waals surface area contributed by atoms with Crippen LogP contribution in [0.1, 0.15) is 27.5 Å². The molecule has 0 saturated carbocycles. The second kappa shape index (κ2) is 16.4. The van der Waals surface area contributed by atoms with Crippen LogP contribution in [-0.2, 0) is 14.3 Å². The minimum absolute atomic E-state index is 0. The molecule has 1 saturated heterocycles. The Bertz CT molecular complexity index is 1540. The van der Waals surface area contributed by atoms with Crippen molar-refractivity contribution in [2.75, 3.05) is 51.8 Å². The second-order valence-corrected chi connectivity index (χ2v) is 10.5. The van der Waals surface area contributed by atoms with E-state index in [1.165, 1.54) is 17.2 Å². The summed E-state index contributed by atoms with van der Waals surface area (Å²) in [6.45, 7) is 1.88. The predicted octanol–water partition coefficient (Wildman–Crippen LogP) is 4.57. The van der Waals surface area contributed by atoms with Crippen LogP contribution in [0.5, 0.6) is 5.75 Å². The van der Waals surface area contributed by atoms with Crippen LogP contribution in [0.15, 0.2) is 103 Å². The van der Waals surface area contributed by atoms with Crippen molar-refractivity contribution in [1.82, 2.24) is 9.80 Å². The molecule has 0 bridgehead atoms. The Morgan fingerprint density at radius 3 is 1.91 bits per heavy atom. The summed E-state index contributed by atoms with van der Waals surface area (Å²) in [6, 6.07) is 32.8. The monoisotopic (exact) mass is 616 g/mol. The molecule has 0 aliphatic carbocycles. The molecule has 5 rings (SSSR count). The first-order chi connectivity index (χ1) is 21.4. The fourth-order valence-electron chi connectivity index (χ4n) is 5.42. The number of carbonyl (C=O) groups is 3. The van der Waals surface area contributed by atoms with Crippen molar-refractivity contribution in [3.8, 4) is 16.9 Å². The first-order valence-electron chi connectivity index (χ1n) is 14.4. The number of piperazine rings is 1. The zero-order valence-electron chi connectivity index (χ0n) is 25.5. The van der Waals surface area contributed by atoms with Crippen molar-refractivity contribution < 1.29 is 29.0 Å². The van der Waals surface area contributed by atoms with Gasteiger partial charge >= 0.3 is 5.97 Å². The molecule has 0 spiro atoms. The van der Waals surface area contributed by atoms with Gasteiger partial charge in [-0.05, 0) is 46.5 Å². The van der Waals surface area contributed by atoms with Crippen LogP contribution in [-0.4, -0.2) is 109 Å². The third kappa shape index (κ3) is 8.81. The molecule has 1 aliphatic heterocycles. The average Bonchev–Trinajstić information content (AvgIpc) is 3.06. The van der Waals surface area contributed by atoms with Gasteiger partial charge < -0.3 is 24.8 Å². The van der Waals surface area contributed by atoms with E-state index in [2.05, 4.69) is 34.5 Å². The molecule has 2 amide bonds. The van der Waals surface area contributed by atoms with Crippen LogP contribution in [0.4, 0.5) is 5.69 Å². The Balaban J connectivity index is 0.00000461. The van der Waals surface area contributed by atoms with Crippen LogP contribution in [0.25, 0.3) is 11.1 Å². The minimum Gasteiger partial charge on any atom is -0.497 e. The molecule has 0 aromatic heterocycles. The van der Waals surface area contributed by atoms with E-state index >= 15 is 0 Å². The van der Waals surface area contributed by atoms with E-state index in [4.69, 9.17) is 9.47 Å². The number of benzene rings is 4. The van der Waals surface area contributed by atoms with Gasteiger partial charge in [0.15, 0.2) is 0 Å². The number of carboxylic acid groups (broad SMARTS) is 1. The van der Waals surface area contributed by atoms with Crippen molar-refractivity contribution in [3.05, 3.63) is 120 Å². The van der Waals surface area contributed by atoms with Crippen LogP contribution >= 0.6 is 0 Å². The van der Waals surface area contributed by atoms with Gasteiger partial charge in [0.25, 0.3) is 0 Å². The number of methoxy groups -OCH3 is 1. The van der Waals surface area contributed by atoms with Gasteiger partial charge in [0.1, 0.15) is 19.0 Å². The average molecular weight is 617 g/mol. The molecule has 227 valence electrons. The number of ether oxygens (including phenoxy) is 2. The number of hydrogen-bond donors (Lipinski definition) is 2. The molecular formula is C35H35N3NaO6. The molecule has 1 radical (unpaired) electrons. The summed E-state index contributed by atoms with van der Waals surface area (Å²) < 4.78 is 10.6. The number of anilines is 1. The number of hydrogen-bond acceptors (Lipinski definition) is 6. The quantitative estimate of drug-likeness (QED) is 0.238. The van der Waals surface area contributed by atoms with Gasteiger partial charge in [0.05, 0.1) is 24.4 Å². The Hall–Kier alpha value is -3.99. The third-order valence-corrected chi connectivity index (χ3v) is 7.67. The summed E-state index contributed by atoms with van der Waals surface area (Å²) in [5.41, 5.74) is 4.00. The second-order valence-electron chi connectivity index (χ2n) is 10.5. The molecule has 1 fully saturated rings. The van der Waals surface area contributed by atoms with Gasteiger partial charge in [-0.2, -0.15) is 0 Å². The minimum atomic E-state index is -1.17. The fraction of sp³-hybridized carbons (Fsp3) is 0.229. The zero-order valence-corrected chi connectivity index (χ0v) is 27.5. The van der Waals surface area contributed by atoms with E-state index in [-0.39, 0.29) is 66.0 Å². The number of carbonyl (C=O) groups excluding carboxylic acids is 2. The maximum absolute atomic E-state index is 12.9. The SMILES string of the molecule is COc1ccc(-c2ccc(NC(=O)COCC(=O)N3CCN(C(c4ccccc4)c4ccccc4)CC3)c(C(=O)O)c2)cc1.[Na]. The number of amides is 2. The standard InChI is InChI=1S/C35H35N3O6.Na/c1-43-29-15-12-25(13-16-29)28-14-17-31(30(22-28)35(41)42)36-32(39)23-44-24-33(40)37-18-20-38(21-19-37)34(26-8-4-2-5-9-26)27-10-6-3-7-11-27;/h2-17,22,34H,18-21,23-24H2,1H3,(H,36,39)(H,41,42);. The molecule has 4 aromatic carbocycles.